The molecule has 6 nitrogen and oxygen atoms in total. The first kappa shape index (κ1) is 21.7. The third-order valence-electron chi connectivity index (χ3n) is 5.81. The van der Waals surface area contributed by atoms with Crippen molar-refractivity contribution in [1.82, 2.24) is 9.97 Å². The van der Waals surface area contributed by atoms with Crippen molar-refractivity contribution in [3.8, 4) is 10.6 Å². The maximum absolute atomic E-state index is 13.8. The number of nitrogens with zero attached hydrogens (tertiary/aromatic N) is 3. The summed E-state index contributed by atoms with van der Waals surface area (Å²) in [4.78, 5) is 37.6. The van der Waals surface area contributed by atoms with E-state index in [1.54, 1.807) is 31.5 Å². The van der Waals surface area contributed by atoms with E-state index in [0.717, 1.165) is 11.1 Å². The number of benzene rings is 2. The molecule has 1 unspecified atom stereocenters. The van der Waals surface area contributed by atoms with Crippen molar-refractivity contribution in [2.75, 3.05) is 4.90 Å². The van der Waals surface area contributed by atoms with Gasteiger partial charge in [-0.25, -0.2) is 4.98 Å². The summed E-state index contributed by atoms with van der Waals surface area (Å²) >= 11 is 1.26. The number of amides is 1. The van der Waals surface area contributed by atoms with Crippen LogP contribution < -0.4 is 4.90 Å². The molecule has 0 aliphatic carbocycles. The van der Waals surface area contributed by atoms with Crippen LogP contribution in [0.2, 0.25) is 0 Å². The van der Waals surface area contributed by atoms with Gasteiger partial charge in [0.15, 0.2) is 5.76 Å². The van der Waals surface area contributed by atoms with Gasteiger partial charge in [0.25, 0.3) is 5.91 Å². The summed E-state index contributed by atoms with van der Waals surface area (Å²) in [6, 6.07) is 19.7. The van der Waals surface area contributed by atoms with E-state index in [4.69, 9.17) is 0 Å². The maximum atomic E-state index is 13.8. The van der Waals surface area contributed by atoms with Crippen molar-refractivity contribution in [3.63, 3.8) is 0 Å². The summed E-state index contributed by atoms with van der Waals surface area (Å²) in [7, 11) is 0. The van der Waals surface area contributed by atoms with Gasteiger partial charge < -0.3 is 5.11 Å². The molecule has 0 spiro atoms. The summed E-state index contributed by atoms with van der Waals surface area (Å²) < 4.78 is 0. The van der Waals surface area contributed by atoms with Gasteiger partial charge in [0.2, 0.25) is 5.78 Å². The number of carbonyl (C=O) groups is 2. The van der Waals surface area contributed by atoms with Gasteiger partial charge in [0.1, 0.15) is 5.01 Å². The lowest BCUT2D eigenvalue weighted by Crippen LogP contribution is -2.31. The predicted molar refractivity (Wildman–Crippen MR) is 132 cm³/mol. The van der Waals surface area contributed by atoms with Crippen LogP contribution in [0.5, 0.6) is 0 Å². The largest absolute Gasteiger partial charge is 0.503 e. The topological polar surface area (TPSA) is 83.4 Å². The minimum Gasteiger partial charge on any atom is -0.503 e. The maximum Gasteiger partial charge on any atom is 0.294 e. The second kappa shape index (κ2) is 8.68. The quantitative estimate of drug-likeness (QED) is 0.386. The predicted octanol–water partition coefficient (Wildman–Crippen LogP) is 5.60. The minimum absolute atomic E-state index is 0.0446. The number of Topliss-reactive ketones (excluding diaryl/α,β-unsaturated/α-hetero) is 1. The molecule has 1 atom stereocenters. The van der Waals surface area contributed by atoms with Crippen LogP contribution in [-0.4, -0.2) is 26.8 Å². The molecule has 0 saturated heterocycles. The number of anilines is 1. The van der Waals surface area contributed by atoms with Crippen LogP contribution >= 0.6 is 11.3 Å². The zero-order valence-corrected chi connectivity index (χ0v) is 19.4. The first-order chi connectivity index (χ1) is 16.5. The number of rotatable bonds is 5. The van der Waals surface area contributed by atoms with E-state index in [0.29, 0.717) is 26.8 Å². The Balaban J connectivity index is 1.62. The number of aryl methyl sites for hydroxylation is 2. The normalized spacial score (nSPS) is 15.8. The molecule has 1 aliphatic heterocycles. The number of aliphatic hydroxyl groups is 1. The molecule has 34 heavy (non-hydrogen) atoms. The highest BCUT2D eigenvalue weighted by Crippen LogP contribution is 2.43. The molecular formula is C27H21N3O3S. The van der Waals surface area contributed by atoms with Crippen LogP contribution in [0, 0.1) is 13.8 Å². The number of hydrogen-bond acceptors (Lipinski definition) is 6. The van der Waals surface area contributed by atoms with Gasteiger partial charge in [-0.05, 0) is 43.7 Å². The van der Waals surface area contributed by atoms with Crippen molar-refractivity contribution in [2.45, 2.75) is 19.9 Å². The highest BCUT2D eigenvalue weighted by molar-refractivity contribution is 7.17. The number of pyridine rings is 1. The van der Waals surface area contributed by atoms with Crippen LogP contribution in [-0.2, 0) is 4.79 Å². The average Bonchev–Trinajstić information content (AvgIpc) is 3.38. The van der Waals surface area contributed by atoms with Crippen LogP contribution in [0.15, 0.2) is 90.5 Å². The number of thiazole rings is 1. The molecule has 7 heteroatoms. The summed E-state index contributed by atoms with van der Waals surface area (Å²) in [5.41, 5.74) is 3.83. The third kappa shape index (κ3) is 3.70. The summed E-state index contributed by atoms with van der Waals surface area (Å²) in [5, 5.41) is 11.7. The van der Waals surface area contributed by atoms with E-state index in [9.17, 15) is 14.7 Å². The van der Waals surface area contributed by atoms with Gasteiger partial charge in [0.05, 0.1) is 22.2 Å². The van der Waals surface area contributed by atoms with E-state index in [2.05, 4.69) is 9.97 Å². The first-order valence-corrected chi connectivity index (χ1v) is 11.6. The fourth-order valence-corrected chi connectivity index (χ4v) is 5.13. The Morgan fingerprint density at radius 2 is 1.65 bits per heavy atom. The van der Waals surface area contributed by atoms with Gasteiger partial charge in [-0.15, -0.1) is 11.3 Å². The Morgan fingerprint density at radius 1 is 0.971 bits per heavy atom. The lowest BCUT2D eigenvalue weighted by Gasteiger charge is -2.26. The number of hydrogen-bond donors (Lipinski definition) is 1. The Labute approximate surface area is 200 Å². The number of aliphatic hydroxyl groups excluding tert-OH is 1. The molecule has 2 aromatic heterocycles. The fraction of sp³-hybridized carbons (Fsp3) is 0.111. The molecule has 0 saturated carbocycles. The van der Waals surface area contributed by atoms with Crippen molar-refractivity contribution in [3.05, 3.63) is 112 Å². The first-order valence-electron chi connectivity index (χ1n) is 10.8. The molecule has 5 rings (SSSR count). The van der Waals surface area contributed by atoms with Crippen LogP contribution in [0.3, 0.4) is 0 Å². The standard InChI is InChI=1S/C27H21N3O3S/c1-16-8-10-20(11-9-16)30-22(18-12-14-28-15-13-18)21(24(32)27(30)33)23(31)25-17(2)29-26(34-25)19-6-4-3-5-7-19/h3-15,22,32H,1-2H3. The summed E-state index contributed by atoms with van der Waals surface area (Å²) in [6.45, 7) is 3.72. The van der Waals surface area contributed by atoms with E-state index in [-0.39, 0.29) is 5.57 Å². The van der Waals surface area contributed by atoms with Gasteiger partial charge in [-0.2, -0.15) is 0 Å². The highest BCUT2D eigenvalue weighted by atomic mass is 32.1. The highest BCUT2D eigenvalue weighted by Gasteiger charge is 2.45. The fourth-order valence-electron chi connectivity index (χ4n) is 4.10. The molecular weight excluding hydrogens is 446 g/mol. The molecule has 1 N–H and O–H groups in total. The van der Waals surface area contributed by atoms with Gasteiger partial charge >= 0.3 is 0 Å². The summed E-state index contributed by atoms with van der Waals surface area (Å²) in [5.74, 6) is -1.56. The number of carbonyl (C=O) groups excluding carboxylic acids is 2. The molecule has 1 amide bonds. The second-order valence-corrected chi connectivity index (χ2v) is 9.08. The van der Waals surface area contributed by atoms with E-state index in [1.807, 2.05) is 61.5 Å². The Bertz CT molecular complexity index is 1410. The van der Waals surface area contributed by atoms with Crippen molar-refractivity contribution in [1.29, 1.82) is 0 Å². The summed E-state index contributed by atoms with van der Waals surface area (Å²) in [6.07, 6.45) is 3.21. The molecule has 2 aromatic carbocycles. The molecule has 0 fully saturated rings. The minimum atomic E-state index is -0.785. The van der Waals surface area contributed by atoms with Gasteiger partial charge in [0, 0.05) is 23.6 Å². The zero-order valence-electron chi connectivity index (χ0n) is 18.6. The van der Waals surface area contributed by atoms with Crippen molar-refractivity contribution in [2.24, 2.45) is 0 Å². The van der Waals surface area contributed by atoms with Crippen molar-refractivity contribution >= 4 is 28.7 Å². The number of ketones is 1. The third-order valence-corrected chi connectivity index (χ3v) is 7.02. The van der Waals surface area contributed by atoms with E-state index >= 15 is 0 Å². The Morgan fingerprint density at radius 3 is 2.32 bits per heavy atom. The van der Waals surface area contributed by atoms with Crippen molar-refractivity contribution < 1.29 is 14.7 Å². The van der Waals surface area contributed by atoms with Gasteiger partial charge in [-0.1, -0.05) is 48.0 Å². The molecule has 3 heterocycles. The lowest BCUT2D eigenvalue weighted by molar-refractivity contribution is -0.117. The smallest absolute Gasteiger partial charge is 0.294 e. The molecule has 0 bridgehead atoms. The lowest BCUT2D eigenvalue weighted by atomic mass is 9.95. The zero-order chi connectivity index (χ0) is 23.8. The van der Waals surface area contributed by atoms with Gasteiger partial charge in [-0.3, -0.25) is 19.5 Å². The van der Waals surface area contributed by atoms with E-state index < -0.39 is 23.5 Å². The molecule has 1 aliphatic rings. The van der Waals surface area contributed by atoms with Crippen LogP contribution in [0.4, 0.5) is 5.69 Å². The molecule has 4 aromatic rings. The van der Waals surface area contributed by atoms with E-state index in [1.165, 1.54) is 16.2 Å². The Hall–Kier alpha value is -4.10. The van der Waals surface area contributed by atoms with Crippen LogP contribution in [0.25, 0.3) is 10.6 Å². The molecule has 0 radical (unpaired) electrons. The second-order valence-electron chi connectivity index (χ2n) is 8.08. The average molecular weight is 468 g/mol. The SMILES string of the molecule is Cc1ccc(N2C(=O)C(O)=C(C(=O)c3sc(-c4ccccc4)nc3C)C2c2ccncc2)cc1. The molecule has 168 valence electrons. The number of aromatic nitrogens is 2. The monoisotopic (exact) mass is 467 g/mol. The Kier molecular flexibility index (Phi) is 5.55. The van der Waals surface area contributed by atoms with Crippen LogP contribution in [0.1, 0.15) is 32.5 Å².